The summed E-state index contributed by atoms with van der Waals surface area (Å²) in [6, 6.07) is 6.07. The van der Waals surface area contributed by atoms with Crippen molar-refractivity contribution >= 4 is 11.0 Å². The van der Waals surface area contributed by atoms with Crippen LogP contribution in [0.25, 0.3) is 11.0 Å². The Kier molecular flexibility index (Phi) is 8.22. The van der Waals surface area contributed by atoms with E-state index in [0.717, 1.165) is 48.2 Å². The zero-order valence-corrected chi connectivity index (χ0v) is 18.6. The van der Waals surface area contributed by atoms with Gasteiger partial charge < -0.3 is 13.9 Å². The maximum atomic E-state index is 6.22. The number of hydrogen-bond donors (Lipinski definition) is 0. The van der Waals surface area contributed by atoms with Crippen molar-refractivity contribution in [2.24, 2.45) is 5.92 Å². The predicted molar refractivity (Wildman–Crippen MR) is 119 cm³/mol. The summed E-state index contributed by atoms with van der Waals surface area (Å²) in [5.74, 6) is 3.40. The van der Waals surface area contributed by atoms with E-state index in [-0.39, 0.29) is 0 Å². The van der Waals surface area contributed by atoms with Gasteiger partial charge in [0.25, 0.3) is 0 Å². The number of hydrogen-bond acceptors (Lipinski definition) is 3. The van der Waals surface area contributed by atoms with Gasteiger partial charge in [0.1, 0.15) is 11.3 Å². The van der Waals surface area contributed by atoms with Gasteiger partial charge >= 0.3 is 0 Å². The fraction of sp³-hybridized carbons (Fsp3) is 0.520. The molecule has 0 aliphatic heterocycles. The molecule has 0 aliphatic carbocycles. The zero-order valence-electron chi connectivity index (χ0n) is 18.6. The molecule has 0 saturated heterocycles. The molecule has 0 radical (unpaired) electrons. The summed E-state index contributed by atoms with van der Waals surface area (Å²) in [5.41, 5.74) is 3.72. The third-order valence-electron chi connectivity index (χ3n) is 5.27. The van der Waals surface area contributed by atoms with Crippen LogP contribution in [0.15, 0.2) is 45.9 Å². The van der Waals surface area contributed by atoms with Gasteiger partial charge in [0.05, 0.1) is 14.2 Å². The summed E-state index contributed by atoms with van der Waals surface area (Å²) in [6.45, 7) is 11.1. The van der Waals surface area contributed by atoms with Gasteiger partial charge in [-0.15, -0.1) is 0 Å². The average molecular weight is 385 g/mol. The molecule has 0 fully saturated rings. The molecule has 0 N–H and O–H groups in total. The lowest BCUT2D eigenvalue weighted by Gasteiger charge is -2.17. The van der Waals surface area contributed by atoms with Crippen LogP contribution in [0.3, 0.4) is 0 Å². The Morgan fingerprint density at radius 3 is 2.25 bits per heavy atom. The minimum absolute atomic E-state index is 0.395. The Bertz CT molecular complexity index is 779. The summed E-state index contributed by atoms with van der Waals surface area (Å²) >= 11 is 0. The Labute approximate surface area is 170 Å². The van der Waals surface area contributed by atoms with Crippen molar-refractivity contribution in [1.29, 1.82) is 0 Å². The molecule has 28 heavy (non-hydrogen) atoms. The molecule has 2 rings (SSSR count). The molecule has 0 amide bonds. The number of benzene rings is 1. The minimum atomic E-state index is 0.395. The van der Waals surface area contributed by atoms with Crippen molar-refractivity contribution in [3.63, 3.8) is 0 Å². The highest BCUT2D eigenvalue weighted by atomic mass is 16.5. The standard InChI is InChI=1S/C25H36O3/c1-17(2)10-8-11-19(5)12-9-13-21(18(3)4)23-14-20-15-24(26-6)25(27-7)16-22(20)28-23/h10,12,14-16,18,21H,8-9,11,13H2,1-7H3/b19-12+. The van der Waals surface area contributed by atoms with Gasteiger partial charge in [-0.2, -0.15) is 0 Å². The molecule has 3 nitrogen and oxygen atoms in total. The van der Waals surface area contributed by atoms with E-state index in [0.29, 0.717) is 17.6 Å². The molecule has 1 atom stereocenters. The first-order valence-corrected chi connectivity index (χ1v) is 10.3. The molecule has 3 heteroatoms. The quantitative estimate of drug-likeness (QED) is 0.394. The number of allylic oxidation sites excluding steroid dienone is 4. The Morgan fingerprint density at radius 1 is 0.964 bits per heavy atom. The second-order valence-electron chi connectivity index (χ2n) is 8.19. The summed E-state index contributed by atoms with van der Waals surface area (Å²) in [6.07, 6.45) is 9.14. The SMILES string of the molecule is COc1cc2cc(C(CC/C=C(\C)CCC=C(C)C)C(C)C)oc2cc1OC. The molecule has 0 bridgehead atoms. The lowest BCUT2D eigenvalue weighted by atomic mass is 9.88. The first-order valence-electron chi connectivity index (χ1n) is 10.3. The summed E-state index contributed by atoms with van der Waals surface area (Å²) in [4.78, 5) is 0. The van der Waals surface area contributed by atoms with Crippen LogP contribution in [-0.4, -0.2) is 14.2 Å². The van der Waals surface area contributed by atoms with Gasteiger partial charge in [0.2, 0.25) is 0 Å². The van der Waals surface area contributed by atoms with Crippen molar-refractivity contribution < 1.29 is 13.9 Å². The second kappa shape index (κ2) is 10.4. The van der Waals surface area contributed by atoms with Crippen molar-refractivity contribution in [2.45, 2.75) is 66.2 Å². The molecular weight excluding hydrogens is 348 g/mol. The number of methoxy groups -OCH3 is 2. The van der Waals surface area contributed by atoms with E-state index in [1.807, 2.05) is 12.1 Å². The number of furan rings is 1. The highest BCUT2D eigenvalue weighted by Gasteiger charge is 2.20. The molecule has 0 saturated carbocycles. The summed E-state index contributed by atoms with van der Waals surface area (Å²) in [5, 5.41) is 1.06. The molecule has 1 heterocycles. The fourth-order valence-electron chi connectivity index (χ4n) is 3.57. The fourth-order valence-corrected chi connectivity index (χ4v) is 3.57. The van der Waals surface area contributed by atoms with Crippen molar-refractivity contribution in [1.82, 2.24) is 0 Å². The highest BCUT2D eigenvalue weighted by Crippen LogP contribution is 2.38. The van der Waals surface area contributed by atoms with E-state index < -0.39 is 0 Å². The van der Waals surface area contributed by atoms with Crippen LogP contribution in [0, 0.1) is 5.92 Å². The first kappa shape index (κ1) is 22.1. The third kappa shape index (κ3) is 5.92. The van der Waals surface area contributed by atoms with Gasteiger partial charge in [0, 0.05) is 17.4 Å². The molecule has 1 unspecified atom stereocenters. The van der Waals surface area contributed by atoms with E-state index in [9.17, 15) is 0 Å². The van der Waals surface area contributed by atoms with Gasteiger partial charge in [-0.3, -0.25) is 0 Å². The normalized spacial score (nSPS) is 13.1. The van der Waals surface area contributed by atoms with Gasteiger partial charge in [-0.1, -0.05) is 37.1 Å². The van der Waals surface area contributed by atoms with E-state index >= 15 is 0 Å². The largest absolute Gasteiger partial charge is 0.493 e. The molecular formula is C25H36O3. The lowest BCUT2D eigenvalue weighted by molar-refractivity contribution is 0.354. The minimum Gasteiger partial charge on any atom is -0.493 e. The molecule has 1 aromatic carbocycles. The van der Waals surface area contributed by atoms with E-state index in [4.69, 9.17) is 13.9 Å². The smallest absolute Gasteiger partial charge is 0.164 e. The summed E-state index contributed by atoms with van der Waals surface area (Å²) < 4.78 is 17.0. The third-order valence-corrected chi connectivity index (χ3v) is 5.27. The lowest BCUT2D eigenvalue weighted by Crippen LogP contribution is -2.05. The summed E-state index contributed by atoms with van der Waals surface area (Å²) in [7, 11) is 3.31. The van der Waals surface area contributed by atoms with Crippen molar-refractivity contribution in [2.75, 3.05) is 14.2 Å². The van der Waals surface area contributed by atoms with Gasteiger partial charge in [0.15, 0.2) is 11.5 Å². The Hall–Kier alpha value is -2.16. The van der Waals surface area contributed by atoms with E-state index in [1.165, 1.54) is 11.1 Å². The molecule has 1 aromatic heterocycles. The highest BCUT2D eigenvalue weighted by molar-refractivity contribution is 5.82. The van der Waals surface area contributed by atoms with Gasteiger partial charge in [-0.25, -0.2) is 0 Å². The molecule has 0 spiro atoms. The Balaban J connectivity index is 2.12. The molecule has 2 aromatic rings. The zero-order chi connectivity index (χ0) is 20.7. The van der Waals surface area contributed by atoms with E-state index in [2.05, 4.69) is 52.8 Å². The first-order chi connectivity index (χ1) is 13.3. The Morgan fingerprint density at radius 2 is 1.64 bits per heavy atom. The number of ether oxygens (including phenoxy) is 2. The molecule has 154 valence electrons. The van der Waals surface area contributed by atoms with Crippen LogP contribution in [0.4, 0.5) is 0 Å². The molecule has 0 aliphatic rings. The maximum absolute atomic E-state index is 6.22. The van der Waals surface area contributed by atoms with Crippen molar-refractivity contribution in [3.05, 3.63) is 47.3 Å². The van der Waals surface area contributed by atoms with Crippen LogP contribution in [-0.2, 0) is 0 Å². The second-order valence-corrected chi connectivity index (χ2v) is 8.19. The van der Waals surface area contributed by atoms with Crippen LogP contribution in [0.1, 0.15) is 72.0 Å². The monoisotopic (exact) mass is 384 g/mol. The van der Waals surface area contributed by atoms with Crippen LogP contribution < -0.4 is 9.47 Å². The topological polar surface area (TPSA) is 31.6 Å². The van der Waals surface area contributed by atoms with Crippen molar-refractivity contribution in [3.8, 4) is 11.5 Å². The van der Waals surface area contributed by atoms with Crippen LogP contribution >= 0.6 is 0 Å². The van der Waals surface area contributed by atoms with Crippen LogP contribution in [0.5, 0.6) is 11.5 Å². The van der Waals surface area contributed by atoms with Gasteiger partial charge in [-0.05, 0) is 64.5 Å². The average Bonchev–Trinajstić information content (AvgIpc) is 3.05. The van der Waals surface area contributed by atoms with Crippen LogP contribution in [0.2, 0.25) is 0 Å². The van der Waals surface area contributed by atoms with E-state index in [1.54, 1.807) is 14.2 Å². The number of fused-ring (bicyclic) bond motifs is 1. The number of rotatable bonds is 10. The predicted octanol–water partition coefficient (Wildman–Crippen LogP) is 7.66. The maximum Gasteiger partial charge on any atom is 0.164 e.